The lowest BCUT2D eigenvalue weighted by atomic mass is 10.00. The van der Waals surface area contributed by atoms with Gasteiger partial charge in [0.2, 0.25) is 0 Å². The van der Waals surface area contributed by atoms with E-state index in [1.807, 2.05) is 38.1 Å². The molecule has 0 atom stereocenters. The van der Waals surface area contributed by atoms with Gasteiger partial charge in [-0.2, -0.15) is 18.4 Å². The van der Waals surface area contributed by atoms with Crippen molar-refractivity contribution < 1.29 is 17.9 Å². The molecule has 1 N–H and O–H groups in total. The molecule has 0 saturated heterocycles. The topological polar surface area (TPSA) is 77.0 Å². The summed E-state index contributed by atoms with van der Waals surface area (Å²) >= 11 is 3.58. The summed E-state index contributed by atoms with van der Waals surface area (Å²) in [5.41, 5.74) is 3.68. The minimum Gasteiger partial charge on any atom is -0.497 e. The van der Waals surface area contributed by atoms with Gasteiger partial charge in [0.05, 0.1) is 24.7 Å². The largest absolute Gasteiger partial charge is 0.497 e. The van der Waals surface area contributed by atoms with Crippen LogP contribution < -0.4 is 14.3 Å². The van der Waals surface area contributed by atoms with E-state index in [2.05, 4.69) is 25.9 Å². The number of ether oxygens (including phenoxy) is 2. The van der Waals surface area contributed by atoms with Crippen LogP contribution in [0, 0.1) is 13.8 Å². The average molecular weight is 503 g/mol. The van der Waals surface area contributed by atoms with E-state index in [9.17, 15) is 8.42 Å². The van der Waals surface area contributed by atoms with Gasteiger partial charge in [-0.25, -0.2) is 0 Å². The molecule has 3 rings (SSSR count). The second-order valence-corrected chi connectivity index (χ2v) is 9.44. The van der Waals surface area contributed by atoms with Crippen LogP contribution >= 0.6 is 15.9 Å². The van der Waals surface area contributed by atoms with Crippen molar-refractivity contribution in [2.24, 2.45) is 5.10 Å². The van der Waals surface area contributed by atoms with E-state index in [0.29, 0.717) is 28.3 Å². The number of nitrogens with zero attached hydrogens (tertiary/aromatic N) is 1. The van der Waals surface area contributed by atoms with Crippen LogP contribution in [0.1, 0.15) is 22.3 Å². The summed E-state index contributed by atoms with van der Waals surface area (Å²) < 4.78 is 37.2. The Morgan fingerprint density at radius 1 is 0.903 bits per heavy atom. The highest BCUT2D eigenvalue weighted by Crippen LogP contribution is 2.32. The van der Waals surface area contributed by atoms with Gasteiger partial charge in [0.1, 0.15) is 17.2 Å². The maximum atomic E-state index is 12.8. The molecule has 0 aliphatic carbocycles. The zero-order chi connectivity index (χ0) is 22.6. The number of nitrogens with one attached hydrogen (secondary N) is 1. The normalized spacial score (nSPS) is 11.8. The summed E-state index contributed by atoms with van der Waals surface area (Å²) in [6.07, 6.45) is 0. The molecule has 0 fully saturated rings. The molecule has 8 heteroatoms. The van der Waals surface area contributed by atoms with Gasteiger partial charge in [0.15, 0.2) is 0 Å². The quantitative estimate of drug-likeness (QED) is 0.371. The summed E-state index contributed by atoms with van der Waals surface area (Å²) in [7, 11) is -0.715. The number of methoxy groups -OCH3 is 2. The van der Waals surface area contributed by atoms with Crippen molar-refractivity contribution in [3.63, 3.8) is 0 Å². The zero-order valence-corrected chi connectivity index (χ0v) is 20.0. The van der Waals surface area contributed by atoms with Crippen molar-refractivity contribution in [1.29, 1.82) is 0 Å². The van der Waals surface area contributed by atoms with Gasteiger partial charge < -0.3 is 9.47 Å². The molecule has 0 radical (unpaired) electrons. The summed E-state index contributed by atoms with van der Waals surface area (Å²) in [4.78, 5) is 2.50. The van der Waals surface area contributed by atoms with Crippen LogP contribution in [0.4, 0.5) is 0 Å². The Hall–Kier alpha value is -2.84. The fraction of sp³-hybridized carbons (Fsp3) is 0.174. The molecule has 3 aromatic carbocycles. The predicted molar refractivity (Wildman–Crippen MR) is 126 cm³/mol. The Bertz CT molecular complexity index is 1210. The van der Waals surface area contributed by atoms with Gasteiger partial charge in [-0.3, -0.25) is 0 Å². The molecule has 0 heterocycles. The fourth-order valence-electron chi connectivity index (χ4n) is 2.99. The van der Waals surface area contributed by atoms with Crippen molar-refractivity contribution in [2.45, 2.75) is 18.7 Å². The minimum absolute atomic E-state index is 0.130. The van der Waals surface area contributed by atoms with Crippen molar-refractivity contribution in [3.05, 3.63) is 87.4 Å². The van der Waals surface area contributed by atoms with Crippen LogP contribution in [-0.2, 0) is 10.0 Å². The highest BCUT2D eigenvalue weighted by Gasteiger charge is 2.20. The van der Waals surface area contributed by atoms with Crippen LogP contribution in [0.15, 0.2) is 75.1 Å². The second-order valence-electron chi connectivity index (χ2n) is 6.92. The first-order chi connectivity index (χ1) is 14.7. The Kier molecular flexibility index (Phi) is 7.02. The van der Waals surface area contributed by atoms with Gasteiger partial charge in [-0.05, 0) is 83.9 Å². The van der Waals surface area contributed by atoms with Crippen LogP contribution in [0.2, 0.25) is 0 Å². The lowest BCUT2D eigenvalue weighted by Crippen LogP contribution is -2.21. The monoisotopic (exact) mass is 502 g/mol. The third-order valence-electron chi connectivity index (χ3n) is 4.63. The molecule has 6 nitrogen and oxygen atoms in total. The first kappa shape index (κ1) is 22.8. The van der Waals surface area contributed by atoms with E-state index in [0.717, 1.165) is 15.6 Å². The van der Waals surface area contributed by atoms with E-state index in [1.54, 1.807) is 50.6 Å². The van der Waals surface area contributed by atoms with Crippen molar-refractivity contribution in [3.8, 4) is 11.5 Å². The van der Waals surface area contributed by atoms with Crippen LogP contribution in [-0.4, -0.2) is 28.3 Å². The third kappa shape index (κ3) is 5.26. The summed E-state index contributed by atoms with van der Waals surface area (Å²) in [6, 6.07) is 17.5. The number of hydrogen-bond donors (Lipinski definition) is 1. The molecule has 31 heavy (non-hydrogen) atoms. The number of aryl methyl sites for hydroxylation is 2. The van der Waals surface area contributed by atoms with Gasteiger partial charge in [0, 0.05) is 10.0 Å². The van der Waals surface area contributed by atoms with Crippen LogP contribution in [0.25, 0.3) is 0 Å². The first-order valence-electron chi connectivity index (χ1n) is 9.40. The molecule has 0 aliphatic heterocycles. The Morgan fingerprint density at radius 2 is 1.55 bits per heavy atom. The lowest BCUT2D eigenvalue weighted by Gasteiger charge is -2.15. The molecule has 3 aromatic rings. The maximum absolute atomic E-state index is 12.8. The van der Waals surface area contributed by atoms with E-state index in [1.165, 1.54) is 0 Å². The second kappa shape index (κ2) is 9.53. The van der Waals surface area contributed by atoms with Crippen LogP contribution in [0.3, 0.4) is 0 Å². The SMILES string of the molecule is COc1ccc(/C(=N\NS(=O)(=O)c2ccc(C)cc2)c2c(Br)cc(C)cc2OC)cc1. The minimum atomic E-state index is -3.86. The standard InChI is InChI=1S/C23H23BrN2O4S/c1-15-5-11-19(12-6-15)31(27,28)26-25-23(17-7-9-18(29-3)10-8-17)22-20(24)13-16(2)14-21(22)30-4/h5-14,26H,1-4H3/b25-23+. The Labute approximate surface area is 191 Å². The molecule has 0 spiro atoms. The van der Waals surface area contributed by atoms with Gasteiger partial charge in [-0.1, -0.05) is 17.7 Å². The highest BCUT2D eigenvalue weighted by molar-refractivity contribution is 9.10. The van der Waals surface area contributed by atoms with Crippen molar-refractivity contribution in [2.75, 3.05) is 14.2 Å². The van der Waals surface area contributed by atoms with E-state index >= 15 is 0 Å². The number of benzene rings is 3. The lowest BCUT2D eigenvalue weighted by molar-refractivity contribution is 0.413. The fourth-order valence-corrected chi connectivity index (χ4v) is 4.55. The molecule has 0 unspecified atom stereocenters. The molecular weight excluding hydrogens is 480 g/mol. The molecule has 0 amide bonds. The predicted octanol–water partition coefficient (Wildman–Crippen LogP) is 4.81. The number of hydrazone groups is 1. The summed E-state index contributed by atoms with van der Waals surface area (Å²) in [6.45, 7) is 3.84. The average Bonchev–Trinajstić information content (AvgIpc) is 2.75. The molecule has 162 valence electrons. The third-order valence-corrected chi connectivity index (χ3v) is 6.48. The number of halogens is 1. The molecule has 0 aromatic heterocycles. The van der Waals surface area contributed by atoms with Gasteiger partial charge in [0.25, 0.3) is 10.0 Å². The molecule has 0 bridgehead atoms. The summed E-state index contributed by atoms with van der Waals surface area (Å²) in [5.74, 6) is 1.24. The Morgan fingerprint density at radius 3 is 2.13 bits per heavy atom. The molecule has 0 saturated carbocycles. The van der Waals surface area contributed by atoms with Crippen molar-refractivity contribution >= 4 is 31.7 Å². The smallest absolute Gasteiger partial charge is 0.276 e. The van der Waals surface area contributed by atoms with Crippen molar-refractivity contribution in [1.82, 2.24) is 4.83 Å². The van der Waals surface area contributed by atoms with Gasteiger partial charge >= 0.3 is 0 Å². The summed E-state index contributed by atoms with van der Waals surface area (Å²) in [5, 5.41) is 4.32. The maximum Gasteiger partial charge on any atom is 0.276 e. The van der Waals surface area contributed by atoms with E-state index in [-0.39, 0.29) is 4.90 Å². The molecular formula is C23H23BrN2O4S. The zero-order valence-electron chi connectivity index (χ0n) is 17.6. The Balaban J connectivity index is 2.13. The molecule has 0 aliphatic rings. The van der Waals surface area contributed by atoms with Gasteiger partial charge in [-0.15, -0.1) is 0 Å². The van der Waals surface area contributed by atoms with E-state index < -0.39 is 10.0 Å². The number of rotatable bonds is 7. The van der Waals surface area contributed by atoms with Crippen LogP contribution in [0.5, 0.6) is 11.5 Å². The first-order valence-corrected chi connectivity index (χ1v) is 11.7. The number of hydrogen-bond acceptors (Lipinski definition) is 5. The van der Waals surface area contributed by atoms with E-state index in [4.69, 9.17) is 9.47 Å². The number of sulfonamides is 1. The highest BCUT2D eigenvalue weighted by atomic mass is 79.9.